The lowest BCUT2D eigenvalue weighted by molar-refractivity contribution is 0.0917. The van der Waals surface area contributed by atoms with Crippen LogP contribution in [0.5, 0.6) is 0 Å². The summed E-state index contributed by atoms with van der Waals surface area (Å²) < 4.78 is 27.7. The van der Waals surface area contributed by atoms with Gasteiger partial charge < -0.3 is 9.73 Å². The first-order chi connectivity index (χ1) is 8.41. The number of aryl methyl sites for hydroxylation is 2. The molecule has 7 heteroatoms. The molecule has 1 atom stereocenters. The maximum Gasteiger partial charge on any atom is 0.289 e. The Morgan fingerprint density at radius 1 is 1.61 bits per heavy atom. The third-order valence-electron chi connectivity index (χ3n) is 2.60. The molecule has 1 aromatic heterocycles. The van der Waals surface area contributed by atoms with Crippen LogP contribution >= 0.6 is 0 Å². The summed E-state index contributed by atoms with van der Waals surface area (Å²) in [5.74, 6) is 0.0928. The molecule has 0 unspecified atom stereocenters. The van der Waals surface area contributed by atoms with Crippen molar-refractivity contribution in [3.8, 4) is 0 Å². The normalized spacial score (nSPS) is 21.1. The van der Waals surface area contributed by atoms with Gasteiger partial charge in [0.05, 0.1) is 17.5 Å². The molecule has 98 valence electrons. The molecule has 1 N–H and O–H groups in total. The second-order valence-electron chi connectivity index (χ2n) is 4.11. The molecule has 0 saturated carbocycles. The average Bonchev–Trinajstić information content (AvgIpc) is 2.81. The van der Waals surface area contributed by atoms with Crippen molar-refractivity contribution in [1.82, 2.24) is 10.3 Å². The number of nitrogens with one attached hydrogen (secondary N) is 1. The number of sulfone groups is 1. The smallest absolute Gasteiger partial charge is 0.289 e. The van der Waals surface area contributed by atoms with Crippen LogP contribution in [-0.2, 0) is 16.3 Å². The van der Waals surface area contributed by atoms with Crippen molar-refractivity contribution in [2.75, 3.05) is 5.75 Å². The maximum atomic E-state index is 11.9. The number of rotatable bonds is 3. The molecule has 1 amide bonds. The summed E-state index contributed by atoms with van der Waals surface area (Å²) in [7, 11) is -3.17. The van der Waals surface area contributed by atoms with E-state index < -0.39 is 21.8 Å². The second-order valence-corrected chi connectivity index (χ2v) is 6.04. The predicted molar refractivity (Wildman–Crippen MR) is 64.8 cm³/mol. The Hall–Kier alpha value is -1.63. The van der Waals surface area contributed by atoms with Crippen LogP contribution in [0.15, 0.2) is 15.9 Å². The van der Waals surface area contributed by atoms with Crippen molar-refractivity contribution in [1.29, 1.82) is 0 Å². The van der Waals surface area contributed by atoms with Crippen LogP contribution < -0.4 is 5.32 Å². The highest BCUT2D eigenvalue weighted by atomic mass is 32.2. The number of amides is 1. The van der Waals surface area contributed by atoms with Gasteiger partial charge in [-0.2, -0.15) is 0 Å². The lowest BCUT2D eigenvalue weighted by Gasteiger charge is -2.08. The minimum absolute atomic E-state index is 0.105. The van der Waals surface area contributed by atoms with Gasteiger partial charge in [0.1, 0.15) is 0 Å². The van der Waals surface area contributed by atoms with E-state index in [1.807, 2.05) is 6.92 Å². The molecule has 0 aliphatic carbocycles. The summed E-state index contributed by atoms with van der Waals surface area (Å²) >= 11 is 0. The Labute approximate surface area is 105 Å². The summed E-state index contributed by atoms with van der Waals surface area (Å²) in [5.41, 5.74) is 0.509. The summed E-state index contributed by atoms with van der Waals surface area (Å²) in [6, 6.07) is -0.503. The van der Waals surface area contributed by atoms with E-state index in [1.54, 1.807) is 6.92 Å². The quantitative estimate of drug-likeness (QED) is 0.868. The van der Waals surface area contributed by atoms with Gasteiger partial charge in [-0.1, -0.05) is 6.92 Å². The minimum Gasteiger partial charge on any atom is -0.435 e. The van der Waals surface area contributed by atoms with Gasteiger partial charge in [0.25, 0.3) is 5.91 Å². The highest BCUT2D eigenvalue weighted by Gasteiger charge is 2.25. The van der Waals surface area contributed by atoms with Crippen LogP contribution in [0, 0.1) is 6.92 Å². The topological polar surface area (TPSA) is 89.3 Å². The molecule has 1 aliphatic rings. The zero-order chi connectivity index (χ0) is 13.3. The first-order valence-corrected chi connectivity index (χ1v) is 7.31. The highest BCUT2D eigenvalue weighted by Crippen LogP contribution is 2.13. The molecule has 0 saturated heterocycles. The minimum atomic E-state index is -3.17. The molecule has 2 heterocycles. The Morgan fingerprint density at radius 2 is 2.33 bits per heavy atom. The van der Waals surface area contributed by atoms with Crippen molar-refractivity contribution in [3.05, 3.63) is 28.8 Å². The van der Waals surface area contributed by atoms with Crippen LogP contribution in [0.4, 0.5) is 0 Å². The van der Waals surface area contributed by atoms with Crippen LogP contribution in [0.25, 0.3) is 0 Å². The fourth-order valence-electron chi connectivity index (χ4n) is 1.71. The van der Waals surface area contributed by atoms with Gasteiger partial charge in [0, 0.05) is 11.8 Å². The van der Waals surface area contributed by atoms with Gasteiger partial charge in [0.2, 0.25) is 5.76 Å². The van der Waals surface area contributed by atoms with Crippen molar-refractivity contribution in [2.24, 2.45) is 0 Å². The first-order valence-electron chi connectivity index (χ1n) is 5.59. The average molecular weight is 270 g/mol. The third-order valence-corrected chi connectivity index (χ3v) is 3.99. The molecule has 2 rings (SSSR count). The molecular formula is C11H14N2O4S. The fourth-order valence-corrected chi connectivity index (χ4v) is 2.95. The molecule has 0 spiro atoms. The van der Waals surface area contributed by atoms with Gasteiger partial charge in [-0.3, -0.25) is 4.79 Å². The van der Waals surface area contributed by atoms with Crippen LogP contribution in [0.3, 0.4) is 0 Å². The Kier molecular flexibility index (Phi) is 3.25. The van der Waals surface area contributed by atoms with Crippen LogP contribution in [0.2, 0.25) is 0 Å². The van der Waals surface area contributed by atoms with Crippen molar-refractivity contribution in [2.45, 2.75) is 26.3 Å². The van der Waals surface area contributed by atoms with Gasteiger partial charge in [0.15, 0.2) is 15.7 Å². The number of hydrogen-bond donors (Lipinski definition) is 1. The van der Waals surface area contributed by atoms with Gasteiger partial charge in [-0.25, -0.2) is 13.4 Å². The maximum absolute atomic E-state index is 11.9. The lowest BCUT2D eigenvalue weighted by atomic mass is 10.3. The molecule has 0 bridgehead atoms. The van der Waals surface area contributed by atoms with Crippen molar-refractivity contribution >= 4 is 15.7 Å². The molecule has 0 radical (unpaired) electrons. The number of hydrogen-bond acceptors (Lipinski definition) is 5. The summed E-state index contributed by atoms with van der Waals surface area (Å²) in [5, 5.41) is 3.70. The molecular weight excluding hydrogens is 256 g/mol. The van der Waals surface area contributed by atoms with E-state index in [4.69, 9.17) is 4.42 Å². The van der Waals surface area contributed by atoms with Crippen LogP contribution in [-0.4, -0.2) is 31.1 Å². The zero-order valence-electron chi connectivity index (χ0n) is 10.1. The Bertz CT molecular complexity index is 601. The SMILES string of the molecule is CCc1nc(C)c(C(=O)N[C@H]2C=CS(=O)(=O)C2)o1. The predicted octanol–water partition coefficient (Wildman–Crippen LogP) is 0.586. The van der Waals surface area contributed by atoms with E-state index in [1.165, 1.54) is 6.08 Å². The molecule has 6 nitrogen and oxygen atoms in total. The zero-order valence-corrected chi connectivity index (χ0v) is 11.0. The van der Waals surface area contributed by atoms with Crippen LogP contribution in [0.1, 0.15) is 29.1 Å². The lowest BCUT2D eigenvalue weighted by Crippen LogP contribution is -2.35. The van der Waals surface area contributed by atoms with Crippen molar-refractivity contribution < 1.29 is 17.6 Å². The van der Waals surface area contributed by atoms with Gasteiger partial charge in [-0.15, -0.1) is 0 Å². The van der Waals surface area contributed by atoms with Gasteiger partial charge >= 0.3 is 0 Å². The third kappa shape index (κ3) is 2.61. The Morgan fingerprint density at radius 3 is 2.83 bits per heavy atom. The van der Waals surface area contributed by atoms with E-state index in [0.717, 1.165) is 5.41 Å². The molecule has 18 heavy (non-hydrogen) atoms. The van der Waals surface area contributed by atoms with Crippen molar-refractivity contribution in [3.63, 3.8) is 0 Å². The second kappa shape index (κ2) is 4.56. The van der Waals surface area contributed by atoms with E-state index in [2.05, 4.69) is 10.3 Å². The van der Waals surface area contributed by atoms with E-state index in [0.29, 0.717) is 18.0 Å². The number of nitrogens with zero attached hydrogens (tertiary/aromatic N) is 1. The first kappa shape index (κ1) is 12.8. The van der Waals surface area contributed by atoms with E-state index in [-0.39, 0.29) is 11.5 Å². The number of carbonyl (C=O) groups is 1. The molecule has 0 fully saturated rings. The monoisotopic (exact) mass is 270 g/mol. The largest absolute Gasteiger partial charge is 0.435 e. The van der Waals surface area contributed by atoms with E-state index in [9.17, 15) is 13.2 Å². The Balaban J connectivity index is 2.09. The molecule has 0 aromatic carbocycles. The number of carbonyl (C=O) groups excluding carboxylic acids is 1. The summed E-state index contributed by atoms with van der Waals surface area (Å²) in [4.78, 5) is 16.0. The van der Waals surface area contributed by atoms with E-state index >= 15 is 0 Å². The molecule has 1 aromatic rings. The summed E-state index contributed by atoms with van der Waals surface area (Å²) in [6.07, 6.45) is 2.06. The molecule has 1 aliphatic heterocycles. The standard InChI is InChI=1S/C11H14N2O4S/c1-3-9-12-7(2)10(17-9)11(14)13-8-4-5-18(15,16)6-8/h4-5,8H,3,6H2,1-2H3,(H,13,14)/t8-/m0/s1. The fraction of sp³-hybridized carbons (Fsp3) is 0.455. The summed E-state index contributed by atoms with van der Waals surface area (Å²) in [6.45, 7) is 3.55. The number of aromatic nitrogens is 1. The van der Waals surface area contributed by atoms with Gasteiger partial charge in [-0.05, 0) is 13.0 Å². The number of oxazole rings is 1. The highest BCUT2D eigenvalue weighted by molar-refractivity contribution is 7.94.